The van der Waals surface area contributed by atoms with E-state index in [1.54, 1.807) is 0 Å². The zero-order valence-corrected chi connectivity index (χ0v) is 25.6. The van der Waals surface area contributed by atoms with Crippen LogP contribution in [0.3, 0.4) is 0 Å². The van der Waals surface area contributed by atoms with E-state index in [1.807, 2.05) is 0 Å². The highest BCUT2D eigenvalue weighted by molar-refractivity contribution is 6.30. The second-order valence-electron chi connectivity index (χ2n) is 12.5. The molecule has 0 amide bonds. The summed E-state index contributed by atoms with van der Waals surface area (Å²) in [6.07, 6.45) is 9.11. The van der Waals surface area contributed by atoms with E-state index in [0.29, 0.717) is 0 Å². The Kier molecular flexibility index (Phi) is 5.83. The van der Waals surface area contributed by atoms with Gasteiger partial charge in [-0.25, -0.2) is 0 Å². The van der Waals surface area contributed by atoms with Crippen molar-refractivity contribution in [1.29, 1.82) is 0 Å². The predicted molar refractivity (Wildman–Crippen MR) is 195 cm³/mol. The van der Waals surface area contributed by atoms with Gasteiger partial charge < -0.3 is 4.90 Å². The van der Waals surface area contributed by atoms with E-state index in [2.05, 4.69) is 158 Å². The molecule has 1 aliphatic rings. The number of nitrogens with zero attached hydrogens (tertiary/aromatic N) is 1. The zero-order valence-electron chi connectivity index (χ0n) is 25.6. The minimum absolute atomic E-state index is 1.05. The van der Waals surface area contributed by atoms with Crippen LogP contribution in [0.15, 0.2) is 145 Å². The van der Waals surface area contributed by atoms with Crippen molar-refractivity contribution in [2.75, 3.05) is 4.90 Å². The summed E-state index contributed by atoms with van der Waals surface area (Å²) in [5.41, 5.74) is 8.86. The van der Waals surface area contributed by atoms with Crippen LogP contribution in [0.5, 0.6) is 0 Å². The van der Waals surface area contributed by atoms with Gasteiger partial charge in [-0.15, -0.1) is 0 Å². The second-order valence-corrected chi connectivity index (χ2v) is 12.5. The number of para-hydroxylation sites is 1. The molecule has 8 aromatic carbocycles. The van der Waals surface area contributed by atoms with Gasteiger partial charge in [-0.05, 0) is 110 Å². The van der Waals surface area contributed by atoms with Crippen molar-refractivity contribution < 1.29 is 0 Å². The lowest BCUT2D eigenvalue weighted by molar-refractivity contribution is 0.999. The standard InChI is InChI=1S/C44H33N/c1-28-25-30-21-23-34-29(2)27-40(37-24-22-31(26-28)41(30)43(34)37)42-35-17-9-11-19-38(35)44(39-20-12-10-18-36(39)42)45(32-13-5-3-6-14-32)33-15-7-4-8-16-33/h3,5-7,9-27H,4,8H2,1-2H3. The average molecular weight is 576 g/mol. The highest BCUT2D eigenvalue weighted by Crippen LogP contribution is 2.50. The van der Waals surface area contributed by atoms with Gasteiger partial charge >= 0.3 is 0 Å². The quantitative estimate of drug-likeness (QED) is 0.149. The molecule has 214 valence electrons. The number of benzene rings is 8. The molecule has 45 heavy (non-hydrogen) atoms. The molecule has 0 heterocycles. The first kappa shape index (κ1) is 26.0. The Hall–Kier alpha value is -5.40. The van der Waals surface area contributed by atoms with Gasteiger partial charge in [0, 0.05) is 22.2 Å². The maximum absolute atomic E-state index is 2.47. The van der Waals surface area contributed by atoms with Gasteiger partial charge in [-0.2, -0.15) is 0 Å². The van der Waals surface area contributed by atoms with Crippen LogP contribution < -0.4 is 4.90 Å². The van der Waals surface area contributed by atoms with Crippen molar-refractivity contribution in [3.8, 4) is 11.1 Å². The molecule has 0 fully saturated rings. The third-order valence-electron chi connectivity index (χ3n) is 9.71. The molecule has 1 heteroatoms. The van der Waals surface area contributed by atoms with Crippen molar-refractivity contribution in [2.45, 2.75) is 26.7 Å². The predicted octanol–water partition coefficient (Wildman–Crippen LogP) is 12.5. The van der Waals surface area contributed by atoms with E-state index in [0.717, 1.165) is 12.8 Å². The van der Waals surface area contributed by atoms with Gasteiger partial charge in [0.2, 0.25) is 0 Å². The van der Waals surface area contributed by atoms with E-state index in [4.69, 9.17) is 0 Å². The Bertz CT molecular complexity index is 2420. The molecule has 0 radical (unpaired) electrons. The van der Waals surface area contributed by atoms with Crippen molar-refractivity contribution in [1.82, 2.24) is 0 Å². The fourth-order valence-electron chi connectivity index (χ4n) is 7.84. The molecule has 9 rings (SSSR count). The third-order valence-corrected chi connectivity index (χ3v) is 9.71. The first-order valence-electron chi connectivity index (χ1n) is 16.0. The van der Waals surface area contributed by atoms with Crippen molar-refractivity contribution >= 4 is 65.2 Å². The minimum atomic E-state index is 1.05. The van der Waals surface area contributed by atoms with E-state index < -0.39 is 0 Å². The van der Waals surface area contributed by atoms with E-state index in [1.165, 1.54) is 93.2 Å². The summed E-state index contributed by atoms with van der Waals surface area (Å²) >= 11 is 0. The van der Waals surface area contributed by atoms with Crippen LogP contribution in [-0.4, -0.2) is 0 Å². The first-order chi connectivity index (χ1) is 22.2. The lowest BCUT2D eigenvalue weighted by Crippen LogP contribution is -2.17. The molecule has 0 aliphatic heterocycles. The molecule has 0 atom stereocenters. The summed E-state index contributed by atoms with van der Waals surface area (Å²) < 4.78 is 0. The van der Waals surface area contributed by atoms with Crippen LogP contribution in [0, 0.1) is 13.8 Å². The van der Waals surface area contributed by atoms with Crippen LogP contribution in [0.1, 0.15) is 24.0 Å². The molecule has 0 aromatic heterocycles. The van der Waals surface area contributed by atoms with Crippen LogP contribution in [0.25, 0.3) is 65.0 Å². The topological polar surface area (TPSA) is 3.24 Å². The smallest absolute Gasteiger partial charge is 0.0618 e. The lowest BCUT2D eigenvalue weighted by atomic mass is 9.83. The number of allylic oxidation sites excluding steroid dienone is 3. The molecule has 0 saturated heterocycles. The summed E-state index contributed by atoms with van der Waals surface area (Å²) in [7, 11) is 0. The molecular formula is C44H33N. The molecule has 0 unspecified atom stereocenters. The monoisotopic (exact) mass is 575 g/mol. The molecule has 0 saturated carbocycles. The second kappa shape index (κ2) is 10.1. The van der Waals surface area contributed by atoms with Crippen molar-refractivity contribution in [3.05, 3.63) is 156 Å². The molecule has 0 bridgehead atoms. The highest BCUT2D eigenvalue weighted by Gasteiger charge is 2.24. The summed E-state index contributed by atoms with van der Waals surface area (Å²) in [5.74, 6) is 0. The maximum Gasteiger partial charge on any atom is 0.0618 e. The van der Waals surface area contributed by atoms with Crippen LogP contribution >= 0.6 is 0 Å². The number of anilines is 2. The van der Waals surface area contributed by atoms with Crippen LogP contribution in [0.4, 0.5) is 11.4 Å². The van der Waals surface area contributed by atoms with Crippen molar-refractivity contribution in [3.63, 3.8) is 0 Å². The Labute approximate surface area is 263 Å². The zero-order chi connectivity index (χ0) is 30.1. The fraction of sp³-hybridized carbons (Fsp3) is 0.0909. The number of hydrogen-bond acceptors (Lipinski definition) is 1. The number of fused-ring (bicyclic) bond motifs is 2. The van der Waals surface area contributed by atoms with E-state index in [9.17, 15) is 0 Å². The average Bonchev–Trinajstić information content (AvgIpc) is 3.08. The molecule has 0 N–H and O–H groups in total. The molecule has 1 nitrogen and oxygen atoms in total. The van der Waals surface area contributed by atoms with Gasteiger partial charge in [-0.1, -0.05) is 121 Å². The summed E-state index contributed by atoms with van der Waals surface area (Å²) in [4.78, 5) is 2.47. The van der Waals surface area contributed by atoms with E-state index >= 15 is 0 Å². The summed E-state index contributed by atoms with van der Waals surface area (Å²) in [6.45, 7) is 4.47. The Balaban J connectivity index is 1.44. The van der Waals surface area contributed by atoms with Gasteiger partial charge in [0.15, 0.2) is 0 Å². The SMILES string of the molecule is Cc1cc2ccc3c(C)cc(-c4c5ccccc5c(N(C5=CCCC=C5)c5ccccc5)c5ccccc45)c4ccc(c1)c2c34. The summed E-state index contributed by atoms with van der Waals surface area (Å²) in [6, 6.07) is 45.3. The number of aryl methyl sites for hydroxylation is 2. The lowest BCUT2D eigenvalue weighted by Gasteiger charge is -2.31. The van der Waals surface area contributed by atoms with Gasteiger partial charge in [0.1, 0.15) is 0 Å². The Morgan fingerprint density at radius 3 is 1.80 bits per heavy atom. The van der Waals surface area contributed by atoms with E-state index in [-0.39, 0.29) is 0 Å². The molecular weight excluding hydrogens is 542 g/mol. The first-order valence-corrected chi connectivity index (χ1v) is 16.0. The Morgan fingerprint density at radius 1 is 0.533 bits per heavy atom. The third kappa shape index (κ3) is 3.94. The number of rotatable bonds is 4. The molecule has 8 aromatic rings. The normalized spacial score (nSPS) is 13.4. The minimum Gasteiger partial charge on any atom is -0.310 e. The molecule has 1 aliphatic carbocycles. The summed E-state index contributed by atoms with van der Waals surface area (Å²) in [5, 5.41) is 13.1. The largest absolute Gasteiger partial charge is 0.310 e. The Morgan fingerprint density at radius 2 is 1.16 bits per heavy atom. The van der Waals surface area contributed by atoms with Crippen LogP contribution in [0.2, 0.25) is 0 Å². The highest BCUT2D eigenvalue weighted by atomic mass is 15.1. The fourth-order valence-corrected chi connectivity index (χ4v) is 7.84. The molecule has 0 spiro atoms. The maximum atomic E-state index is 2.47. The van der Waals surface area contributed by atoms with Gasteiger partial charge in [0.05, 0.1) is 5.69 Å². The van der Waals surface area contributed by atoms with Crippen LogP contribution in [-0.2, 0) is 0 Å². The number of hydrogen-bond donors (Lipinski definition) is 0. The van der Waals surface area contributed by atoms with Crippen molar-refractivity contribution in [2.24, 2.45) is 0 Å². The van der Waals surface area contributed by atoms with Gasteiger partial charge in [0.25, 0.3) is 0 Å². The van der Waals surface area contributed by atoms with Gasteiger partial charge in [-0.3, -0.25) is 0 Å².